The van der Waals surface area contributed by atoms with Crippen LogP contribution in [0.3, 0.4) is 0 Å². The van der Waals surface area contributed by atoms with Crippen LogP contribution in [-0.2, 0) is 13.0 Å². The van der Waals surface area contributed by atoms with Crippen molar-refractivity contribution in [2.75, 3.05) is 0 Å². The lowest BCUT2D eigenvalue weighted by atomic mass is 10.3. The Morgan fingerprint density at radius 3 is 2.89 bits per heavy atom. The number of carboxylic acid groups (broad SMARTS) is 1. The maximum absolute atomic E-state index is 11.8. The van der Waals surface area contributed by atoms with Gasteiger partial charge in [0.25, 0.3) is 5.91 Å². The minimum absolute atomic E-state index is 0.0742. The Bertz CT molecular complexity index is 601. The van der Waals surface area contributed by atoms with Gasteiger partial charge in [-0.3, -0.25) is 4.79 Å². The van der Waals surface area contributed by atoms with Crippen molar-refractivity contribution >= 4 is 11.9 Å². The molecule has 0 saturated heterocycles. The molecule has 0 saturated carbocycles. The van der Waals surface area contributed by atoms with Gasteiger partial charge in [-0.2, -0.15) is 0 Å². The summed E-state index contributed by atoms with van der Waals surface area (Å²) in [5.41, 5.74) is -0.422. The normalized spacial score (nSPS) is 10.4. The number of carboxylic acids is 1. The number of aromatic amines is 1. The van der Waals surface area contributed by atoms with Crippen LogP contribution in [0, 0.1) is 0 Å². The third kappa shape index (κ3) is 2.79. The molecule has 0 aromatic carbocycles. The summed E-state index contributed by atoms with van der Waals surface area (Å²) in [7, 11) is 0. The van der Waals surface area contributed by atoms with Crippen LogP contribution in [0.4, 0.5) is 0 Å². The Morgan fingerprint density at radius 2 is 2.26 bits per heavy atom. The number of aromatic nitrogens is 3. The molecule has 8 heteroatoms. The molecule has 2 aromatic heterocycles. The summed E-state index contributed by atoms with van der Waals surface area (Å²) >= 11 is 0. The van der Waals surface area contributed by atoms with Gasteiger partial charge in [0.2, 0.25) is 5.89 Å². The number of nitrogens with zero attached hydrogens (tertiary/aromatic N) is 2. The van der Waals surface area contributed by atoms with Crippen molar-refractivity contribution in [2.24, 2.45) is 0 Å². The molecule has 8 nitrogen and oxygen atoms in total. The Hall–Kier alpha value is -2.64. The predicted molar refractivity (Wildman–Crippen MR) is 62.6 cm³/mol. The summed E-state index contributed by atoms with van der Waals surface area (Å²) in [6.07, 6.45) is 3.45. The number of aromatic carboxylic acids is 1. The van der Waals surface area contributed by atoms with E-state index in [-0.39, 0.29) is 17.9 Å². The number of amides is 1. The number of hydrogen-bond donors (Lipinski definition) is 3. The summed E-state index contributed by atoms with van der Waals surface area (Å²) in [5, 5.41) is 11.3. The van der Waals surface area contributed by atoms with Gasteiger partial charge in [-0.25, -0.2) is 14.8 Å². The SMILES string of the molecule is CCc1cnc(CNC(=O)c2nc[nH]c2C(=O)O)o1. The first-order chi connectivity index (χ1) is 9.11. The van der Waals surface area contributed by atoms with Gasteiger partial charge in [0.15, 0.2) is 11.4 Å². The standard InChI is InChI=1S/C11H12N4O4/c1-2-6-3-12-7(19-6)4-13-10(16)8-9(11(17)18)15-5-14-8/h3,5H,2,4H2,1H3,(H,13,16)(H,14,15)(H,17,18). The predicted octanol–water partition coefficient (Wildman–Crippen LogP) is 0.588. The zero-order chi connectivity index (χ0) is 13.8. The fraction of sp³-hybridized carbons (Fsp3) is 0.273. The molecule has 2 aromatic rings. The molecular weight excluding hydrogens is 252 g/mol. The molecule has 1 amide bonds. The van der Waals surface area contributed by atoms with Crippen LogP contribution in [0.2, 0.25) is 0 Å². The lowest BCUT2D eigenvalue weighted by molar-refractivity contribution is 0.0685. The van der Waals surface area contributed by atoms with Crippen LogP contribution >= 0.6 is 0 Å². The highest BCUT2D eigenvalue weighted by Gasteiger charge is 2.19. The van der Waals surface area contributed by atoms with Crippen LogP contribution in [0.5, 0.6) is 0 Å². The van der Waals surface area contributed by atoms with Gasteiger partial charge in [-0.15, -0.1) is 0 Å². The Morgan fingerprint density at radius 1 is 1.47 bits per heavy atom. The van der Waals surface area contributed by atoms with Crippen molar-refractivity contribution in [1.82, 2.24) is 20.3 Å². The van der Waals surface area contributed by atoms with E-state index in [4.69, 9.17) is 9.52 Å². The van der Waals surface area contributed by atoms with E-state index in [2.05, 4.69) is 20.3 Å². The number of imidazole rings is 1. The van der Waals surface area contributed by atoms with E-state index in [0.29, 0.717) is 12.3 Å². The number of oxazole rings is 1. The van der Waals surface area contributed by atoms with E-state index in [9.17, 15) is 9.59 Å². The average Bonchev–Trinajstić information content (AvgIpc) is 3.04. The van der Waals surface area contributed by atoms with E-state index in [1.54, 1.807) is 6.20 Å². The number of nitrogens with one attached hydrogen (secondary N) is 2. The number of aryl methyl sites for hydroxylation is 1. The van der Waals surface area contributed by atoms with Gasteiger partial charge >= 0.3 is 5.97 Å². The molecule has 0 radical (unpaired) electrons. The quantitative estimate of drug-likeness (QED) is 0.726. The third-order valence-corrected chi connectivity index (χ3v) is 2.42. The molecule has 0 spiro atoms. The fourth-order valence-corrected chi connectivity index (χ4v) is 1.46. The minimum Gasteiger partial charge on any atom is -0.477 e. The van der Waals surface area contributed by atoms with Gasteiger partial charge in [0.05, 0.1) is 19.1 Å². The van der Waals surface area contributed by atoms with Gasteiger partial charge in [-0.1, -0.05) is 6.92 Å². The fourth-order valence-electron chi connectivity index (χ4n) is 1.46. The Labute approximate surface area is 107 Å². The molecule has 2 heterocycles. The smallest absolute Gasteiger partial charge is 0.354 e. The topological polar surface area (TPSA) is 121 Å². The molecule has 100 valence electrons. The second kappa shape index (κ2) is 5.34. The largest absolute Gasteiger partial charge is 0.477 e. The number of hydrogen-bond acceptors (Lipinski definition) is 5. The molecule has 0 aliphatic carbocycles. The van der Waals surface area contributed by atoms with Crippen LogP contribution in [0.1, 0.15) is 39.6 Å². The number of rotatable bonds is 5. The summed E-state index contributed by atoms with van der Waals surface area (Å²) in [6, 6.07) is 0. The molecule has 0 aliphatic rings. The highest BCUT2D eigenvalue weighted by Crippen LogP contribution is 2.05. The molecular formula is C11H12N4O4. The second-order valence-electron chi connectivity index (χ2n) is 3.69. The zero-order valence-corrected chi connectivity index (χ0v) is 10.1. The highest BCUT2D eigenvalue weighted by molar-refractivity contribution is 6.02. The molecule has 0 atom stereocenters. The number of H-pyrrole nitrogens is 1. The lowest BCUT2D eigenvalue weighted by Crippen LogP contribution is -2.25. The summed E-state index contributed by atoms with van der Waals surface area (Å²) in [6.45, 7) is 2.00. The van der Waals surface area contributed by atoms with Crippen molar-refractivity contribution in [2.45, 2.75) is 19.9 Å². The van der Waals surface area contributed by atoms with Crippen molar-refractivity contribution in [3.05, 3.63) is 35.6 Å². The molecule has 0 bridgehead atoms. The maximum atomic E-state index is 11.8. The molecule has 19 heavy (non-hydrogen) atoms. The van der Waals surface area contributed by atoms with E-state index in [0.717, 1.165) is 12.1 Å². The minimum atomic E-state index is -1.24. The lowest BCUT2D eigenvalue weighted by Gasteiger charge is -2.00. The second-order valence-corrected chi connectivity index (χ2v) is 3.69. The Balaban J connectivity index is 2.01. The van der Waals surface area contributed by atoms with Crippen LogP contribution < -0.4 is 5.32 Å². The molecule has 0 aliphatic heterocycles. The number of carbonyl (C=O) groups is 2. The van der Waals surface area contributed by atoms with Crippen molar-refractivity contribution in [3.63, 3.8) is 0 Å². The molecule has 0 fully saturated rings. The molecule has 3 N–H and O–H groups in total. The van der Waals surface area contributed by atoms with Gasteiger partial charge in [0, 0.05) is 6.42 Å². The average molecular weight is 264 g/mol. The van der Waals surface area contributed by atoms with Crippen molar-refractivity contribution in [3.8, 4) is 0 Å². The first kappa shape index (κ1) is 12.8. The van der Waals surface area contributed by atoms with Crippen LogP contribution in [-0.4, -0.2) is 31.9 Å². The van der Waals surface area contributed by atoms with Gasteiger partial charge < -0.3 is 19.8 Å². The van der Waals surface area contributed by atoms with E-state index in [1.807, 2.05) is 6.92 Å². The molecule has 2 rings (SSSR count). The van der Waals surface area contributed by atoms with Gasteiger partial charge in [-0.05, 0) is 0 Å². The Kier molecular flexibility index (Phi) is 3.60. The van der Waals surface area contributed by atoms with E-state index in [1.165, 1.54) is 0 Å². The van der Waals surface area contributed by atoms with Crippen molar-refractivity contribution in [1.29, 1.82) is 0 Å². The maximum Gasteiger partial charge on any atom is 0.354 e. The molecule has 0 unspecified atom stereocenters. The number of carbonyl (C=O) groups excluding carboxylic acids is 1. The van der Waals surface area contributed by atoms with Crippen LogP contribution in [0.25, 0.3) is 0 Å². The summed E-state index contributed by atoms with van der Waals surface area (Å²) in [5.74, 6) is -0.769. The first-order valence-corrected chi connectivity index (χ1v) is 5.60. The summed E-state index contributed by atoms with van der Waals surface area (Å²) in [4.78, 5) is 32.6. The third-order valence-electron chi connectivity index (χ3n) is 2.42. The van der Waals surface area contributed by atoms with E-state index >= 15 is 0 Å². The first-order valence-electron chi connectivity index (χ1n) is 5.60. The van der Waals surface area contributed by atoms with Gasteiger partial charge in [0.1, 0.15) is 5.76 Å². The highest BCUT2D eigenvalue weighted by atomic mass is 16.4. The van der Waals surface area contributed by atoms with Crippen LogP contribution in [0.15, 0.2) is 16.9 Å². The zero-order valence-electron chi connectivity index (χ0n) is 10.1. The van der Waals surface area contributed by atoms with E-state index < -0.39 is 11.9 Å². The summed E-state index contributed by atoms with van der Waals surface area (Å²) < 4.78 is 5.31. The monoisotopic (exact) mass is 264 g/mol. The van der Waals surface area contributed by atoms with Crippen molar-refractivity contribution < 1.29 is 19.1 Å².